The molecule has 2 unspecified atom stereocenters. The monoisotopic (exact) mass is 305 g/mol. The van der Waals surface area contributed by atoms with Crippen molar-refractivity contribution in [2.45, 2.75) is 38.3 Å². The van der Waals surface area contributed by atoms with Gasteiger partial charge in [0, 0.05) is 17.1 Å². The van der Waals surface area contributed by atoms with Crippen LogP contribution < -0.4 is 10.6 Å². The summed E-state index contributed by atoms with van der Waals surface area (Å²) in [7, 11) is 0. The number of hydrogen-bond donors (Lipinski definition) is 2. The summed E-state index contributed by atoms with van der Waals surface area (Å²) in [4.78, 5) is 4.01. The van der Waals surface area contributed by atoms with Gasteiger partial charge >= 0.3 is 0 Å². The van der Waals surface area contributed by atoms with E-state index in [1.165, 1.54) is 19.2 Å². The van der Waals surface area contributed by atoms with Crippen molar-refractivity contribution in [2.75, 3.05) is 11.9 Å². The zero-order chi connectivity index (χ0) is 14.7. The summed E-state index contributed by atoms with van der Waals surface area (Å²) in [5.74, 6) is 0. The molecule has 6 heteroatoms. The molecular formula is C15H20ClN5. The van der Waals surface area contributed by atoms with Crippen LogP contribution in [0.1, 0.15) is 26.2 Å². The van der Waals surface area contributed by atoms with Gasteiger partial charge in [0.25, 0.3) is 0 Å². The molecule has 1 aliphatic rings. The molecule has 2 N–H and O–H groups in total. The smallest absolute Gasteiger partial charge is 0.138 e. The normalized spacial score (nSPS) is 19.6. The highest BCUT2D eigenvalue weighted by Gasteiger charge is 2.18. The van der Waals surface area contributed by atoms with E-state index < -0.39 is 0 Å². The third-order valence-electron chi connectivity index (χ3n) is 3.83. The van der Waals surface area contributed by atoms with Crippen molar-refractivity contribution in [1.29, 1.82) is 0 Å². The molecule has 2 atom stereocenters. The maximum atomic E-state index is 6.13. The average molecular weight is 306 g/mol. The van der Waals surface area contributed by atoms with Gasteiger partial charge in [0.2, 0.25) is 0 Å². The summed E-state index contributed by atoms with van der Waals surface area (Å²) in [6, 6.07) is 6.74. The summed E-state index contributed by atoms with van der Waals surface area (Å²) >= 11 is 6.13. The molecule has 2 aromatic rings. The molecule has 112 valence electrons. The Morgan fingerprint density at radius 2 is 2.43 bits per heavy atom. The fraction of sp³-hybridized carbons (Fsp3) is 0.467. The Bertz CT molecular complexity index is 578. The van der Waals surface area contributed by atoms with Crippen LogP contribution in [0.2, 0.25) is 5.02 Å². The molecule has 2 heterocycles. The van der Waals surface area contributed by atoms with Crippen LogP contribution in [0.15, 0.2) is 30.9 Å². The van der Waals surface area contributed by atoms with E-state index in [0.717, 1.165) is 24.3 Å². The number of rotatable bonds is 5. The quantitative estimate of drug-likeness (QED) is 0.892. The summed E-state index contributed by atoms with van der Waals surface area (Å²) in [6.45, 7) is 3.34. The van der Waals surface area contributed by atoms with Gasteiger partial charge in [-0.25, -0.2) is 9.67 Å². The van der Waals surface area contributed by atoms with E-state index in [4.69, 9.17) is 11.6 Å². The Morgan fingerprint density at radius 1 is 1.52 bits per heavy atom. The van der Waals surface area contributed by atoms with Crippen LogP contribution in [0.25, 0.3) is 5.69 Å². The second-order valence-electron chi connectivity index (χ2n) is 5.58. The van der Waals surface area contributed by atoms with E-state index >= 15 is 0 Å². The highest BCUT2D eigenvalue weighted by molar-refractivity contribution is 6.31. The highest BCUT2D eigenvalue weighted by atomic mass is 35.5. The molecule has 0 aliphatic carbocycles. The molecule has 5 nitrogen and oxygen atoms in total. The van der Waals surface area contributed by atoms with E-state index in [2.05, 4.69) is 27.6 Å². The Kier molecular flexibility index (Phi) is 4.41. The van der Waals surface area contributed by atoms with E-state index in [1.807, 2.05) is 18.2 Å². The predicted octanol–water partition coefficient (Wildman–Crippen LogP) is 2.86. The molecule has 21 heavy (non-hydrogen) atoms. The van der Waals surface area contributed by atoms with Gasteiger partial charge in [-0.1, -0.05) is 11.6 Å². The summed E-state index contributed by atoms with van der Waals surface area (Å²) < 4.78 is 1.75. The van der Waals surface area contributed by atoms with Crippen LogP contribution in [0, 0.1) is 0 Å². The second-order valence-corrected chi connectivity index (χ2v) is 6.01. The lowest BCUT2D eigenvalue weighted by atomic mass is 10.1. The Balaban J connectivity index is 1.75. The largest absolute Gasteiger partial charge is 0.381 e. The lowest BCUT2D eigenvalue weighted by Gasteiger charge is -2.21. The molecule has 0 bridgehead atoms. The minimum atomic E-state index is 0.362. The van der Waals surface area contributed by atoms with E-state index in [0.29, 0.717) is 17.1 Å². The molecule has 1 aromatic heterocycles. The van der Waals surface area contributed by atoms with Crippen molar-refractivity contribution in [1.82, 2.24) is 20.1 Å². The molecule has 1 fully saturated rings. The van der Waals surface area contributed by atoms with Crippen LogP contribution >= 0.6 is 11.6 Å². The van der Waals surface area contributed by atoms with Gasteiger partial charge in [0.1, 0.15) is 12.7 Å². The fourth-order valence-electron chi connectivity index (χ4n) is 2.87. The van der Waals surface area contributed by atoms with Crippen molar-refractivity contribution in [2.24, 2.45) is 0 Å². The van der Waals surface area contributed by atoms with Crippen molar-refractivity contribution >= 4 is 17.3 Å². The molecule has 0 amide bonds. The molecule has 0 saturated carbocycles. The Labute approximate surface area is 129 Å². The predicted molar refractivity (Wildman–Crippen MR) is 85.1 cm³/mol. The lowest BCUT2D eigenvalue weighted by molar-refractivity contribution is 0.523. The molecule has 1 saturated heterocycles. The van der Waals surface area contributed by atoms with Crippen molar-refractivity contribution in [3.8, 4) is 5.69 Å². The number of nitrogens with zero attached hydrogens (tertiary/aromatic N) is 3. The number of aromatic nitrogens is 3. The van der Waals surface area contributed by atoms with Crippen molar-refractivity contribution < 1.29 is 0 Å². The molecule has 1 aliphatic heterocycles. The Hall–Kier alpha value is -1.59. The van der Waals surface area contributed by atoms with Crippen LogP contribution in [-0.2, 0) is 0 Å². The topological polar surface area (TPSA) is 54.8 Å². The SMILES string of the molecule is CC(CC1CCCN1)Nc1cc(Cl)ccc1-n1cncn1. The van der Waals surface area contributed by atoms with Gasteiger partial charge in [-0.05, 0) is 50.9 Å². The first kappa shape index (κ1) is 14.4. The van der Waals surface area contributed by atoms with Crippen molar-refractivity contribution in [3.63, 3.8) is 0 Å². The first-order valence-electron chi connectivity index (χ1n) is 7.37. The fourth-order valence-corrected chi connectivity index (χ4v) is 3.04. The maximum absolute atomic E-state index is 6.13. The third kappa shape index (κ3) is 3.54. The number of hydrogen-bond acceptors (Lipinski definition) is 4. The molecule has 1 aromatic carbocycles. The van der Waals surface area contributed by atoms with Gasteiger partial charge < -0.3 is 10.6 Å². The number of anilines is 1. The van der Waals surface area contributed by atoms with Crippen LogP contribution in [-0.4, -0.2) is 33.4 Å². The summed E-state index contributed by atoms with van der Waals surface area (Å²) in [6.07, 6.45) is 6.86. The first-order valence-corrected chi connectivity index (χ1v) is 7.74. The van der Waals surface area contributed by atoms with Crippen LogP contribution in [0.3, 0.4) is 0 Å². The zero-order valence-electron chi connectivity index (χ0n) is 12.1. The third-order valence-corrected chi connectivity index (χ3v) is 4.06. The minimum absolute atomic E-state index is 0.362. The van der Waals surface area contributed by atoms with E-state index in [1.54, 1.807) is 11.0 Å². The molecular weight excluding hydrogens is 286 g/mol. The average Bonchev–Trinajstić information content (AvgIpc) is 3.11. The molecule has 3 rings (SSSR count). The standard InChI is InChI=1S/C15H20ClN5/c1-11(7-13-3-2-6-18-13)20-14-8-12(16)4-5-15(14)21-10-17-9-19-21/h4-5,8-11,13,18,20H,2-3,6-7H2,1H3. The first-order chi connectivity index (χ1) is 10.2. The second kappa shape index (κ2) is 6.45. The zero-order valence-corrected chi connectivity index (χ0v) is 12.8. The number of nitrogens with one attached hydrogen (secondary N) is 2. The Morgan fingerprint density at radius 3 is 3.14 bits per heavy atom. The molecule has 0 radical (unpaired) electrons. The van der Waals surface area contributed by atoms with Crippen LogP contribution in [0.4, 0.5) is 5.69 Å². The van der Waals surface area contributed by atoms with Gasteiger partial charge in [0.05, 0.1) is 11.4 Å². The van der Waals surface area contributed by atoms with Gasteiger partial charge in [-0.3, -0.25) is 0 Å². The van der Waals surface area contributed by atoms with E-state index in [-0.39, 0.29) is 0 Å². The van der Waals surface area contributed by atoms with Crippen LogP contribution in [0.5, 0.6) is 0 Å². The summed E-state index contributed by atoms with van der Waals surface area (Å²) in [5, 5.41) is 12.0. The minimum Gasteiger partial charge on any atom is -0.381 e. The maximum Gasteiger partial charge on any atom is 0.138 e. The molecule has 0 spiro atoms. The number of benzene rings is 1. The highest BCUT2D eigenvalue weighted by Crippen LogP contribution is 2.25. The van der Waals surface area contributed by atoms with Gasteiger partial charge in [0.15, 0.2) is 0 Å². The van der Waals surface area contributed by atoms with Gasteiger partial charge in [-0.15, -0.1) is 0 Å². The number of halogens is 1. The summed E-state index contributed by atoms with van der Waals surface area (Å²) in [5.41, 5.74) is 1.95. The lowest BCUT2D eigenvalue weighted by Crippen LogP contribution is -2.29. The van der Waals surface area contributed by atoms with Gasteiger partial charge in [-0.2, -0.15) is 5.10 Å². The van der Waals surface area contributed by atoms with Crippen molar-refractivity contribution in [3.05, 3.63) is 35.9 Å². The van der Waals surface area contributed by atoms with E-state index in [9.17, 15) is 0 Å².